The molecule has 0 unspecified atom stereocenters. The number of nitrogens with zero attached hydrogens (tertiary/aromatic N) is 1. The predicted molar refractivity (Wildman–Crippen MR) is 46.4 cm³/mol. The first-order valence-corrected chi connectivity index (χ1v) is 4.20. The fourth-order valence-corrected chi connectivity index (χ4v) is 1.47. The van der Waals surface area contributed by atoms with Crippen LogP contribution < -0.4 is 11.2 Å². The van der Waals surface area contributed by atoms with Gasteiger partial charge in [-0.15, -0.1) is 13.2 Å². The van der Waals surface area contributed by atoms with Gasteiger partial charge in [-0.05, 0) is 12.2 Å². The predicted octanol–water partition coefficient (Wildman–Crippen LogP) is 0.837. The molecule has 4 nitrogen and oxygen atoms in total. The van der Waals surface area contributed by atoms with Crippen LogP contribution in [0.2, 0.25) is 0 Å². The number of allylic oxidation sites excluding steroid dienone is 1. The van der Waals surface area contributed by atoms with Crippen molar-refractivity contribution in [1.82, 2.24) is 5.43 Å². The van der Waals surface area contributed by atoms with Crippen LogP contribution in [0.5, 0.6) is 0 Å². The molecule has 0 spiro atoms. The lowest BCUT2D eigenvalue weighted by molar-refractivity contribution is -0.303. The largest absolute Gasteiger partial charge is 0.573 e. The molecular formula is C8H8F3N3O. The number of nitrogens with two attached hydrogens (primary N) is 1. The van der Waals surface area contributed by atoms with Gasteiger partial charge in [-0.2, -0.15) is 5.10 Å². The minimum atomic E-state index is -4.68. The van der Waals surface area contributed by atoms with E-state index in [1.165, 1.54) is 18.2 Å². The van der Waals surface area contributed by atoms with Crippen LogP contribution in [0.4, 0.5) is 13.2 Å². The Kier molecular flexibility index (Phi) is 2.09. The fraction of sp³-hybridized carbons (Fsp3) is 0.375. The van der Waals surface area contributed by atoms with Gasteiger partial charge in [0, 0.05) is 0 Å². The first-order valence-electron chi connectivity index (χ1n) is 4.20. The zero-order valence-electron chi connectivity index (χ0n) is 7.45. The molecule has 0 aromatic rings. The van der Waals surface area contributed by atoms with Crippen molar-refractivity contribution in [3.63, 3.8) is 0 Å². The Morgan fingerprint density at radius 1 is 1.47 bits per heavy atom. The van der Waals surface area contributed by atoms with Gasteiger partial charge in [0.25, 0.3) is 0 Å². The summed E-state index contributed by atoms with van der Waals surface area (Å²) in [6, 6.07) is -0.175. The molecule has 1 aliphatic heterocycles. The Balaban J connectivity index is 2.13. The van der Waals surface area contributed by atoms with E-state index in [1.54, 1.807) is 0 Å². The highest BCUT2D eigenvalue weighted by Gasteiger charge is 2.35. The van der Waals surface area contributed by atoms with E-state index in [-0.39, 0.29) is 23.6 Å². The van der Waals surface area contributed by atoms with Gasteiger partial charge >= 0.3 is 6.36 Å². The second-order valence-electron chi connectivity index (χ2n) is 3.19. The fourth-order valence-electron chi connectivity index (χ4n) is 1.47. The summed E-state index contributed by atoms with van der Waals surface area (Å²) in [5, 5.41) is 3.72. The molecule has 0 fully saturated rings. The standard InChI is InChI=1S/C8H8F3N3O/c9-8(10,11)15-4-1-2-6-5(3-4)7(12)14-13-6/h1-3,5-6,13H,(H2,12,14)/t5-,6+/m1/s1. The third-order valence-electron chi connectivity index (χ3n) is 2.12. The van der Waals surface area contributed by atoms with Gasteiger partial charge in [-0.3, -0.25) is 0 Å². The Bertz CT molecular complexity index is 359. The molecule has 2 aliphatic rings. The smallest absolute Gasteiger partial charge is 0.406 e. The molecule has 0 saturated heterocycles. The van der Waals surface area contributed by atoms with E-state index in [9.17, 15) is 13.2 Å². The lowest BCUT2D eigenvalue weighted by atomic mass is 9.95. The molecule has 7 heteroatoms. The van der Waals surface area contributed by atoms with E-state index in [4.69, 9.17) is 5.73 Å². The maximum atomic E-state index is 11.9. The van der Waals surface area contributed by atoms with Crippen LogP contribution in [-0.4, -0.2) is 18.2 Å². The lowest BCUT2D eigenvalue weighted by Crippen LogP contribution is -2.31. The summed E-state index contributed by atoms with van der Waals surface area (Å²) in [5.74, 6) is -0.370. The number of hydrazone groups is 1. The molecule has 82 valence electrons. The second kappa shape index (κ2) is 3.18. The van der Waals surface area contributed by atoms with Crippen LogP contribution in [0.25, 0.3) is 0 Å². The van der Waals surface area contributed by atoms with Gasteiger partial charge in [0.05, 0.1) is 12.0 Å². The number of halogens is 3. The Morgan fingerprint density at radius 3 is 2.87 bits per heavy atom. The molecule has 0 aromatic heterocycles. The van der Waals surface area contributed by atoms with Crippen LogP contribution >= 0.6 is 0 Å². The van der Waals surface area contributed by atoms with Crippen molar-refractivity contribution in [2.45, 2.75) is 12.4 Å². The van der Waals surface area contributed by atoms with Crippen LogP contribution in [0, 0.1) is 5.92 Å². The van der Waals surface area contributed by atoms with Crippen molar-refractivity contribution in [1.29, 1.82) is 0 Å². The zero-order chi connectivity index (χ0) is 11.1. The van der Waals surface area contributed by atoms with Crippen LogP contribution in [0.3, 0.4) is 0 Å². The lowest BCUT2D eigenvalue weighted by Gasteiger charge is -2.19. The van der Waals surface area contributed by atoms with Crippen molar-refractivity contribution < 1.29 is 17.9 Å². The van der Waals surface area contributed by atoms with Gasteiger partial charge in [0.2, 0.25) is 0 Å². The summed E-state index contributed by atoms with van der Waals surface area (Å²) in [6.07, 6.45) is -0.594. The molecule has 2 atom stereocenters. The van der Waals surface area contributed by atoms with Crippen molar-refractivity contribution in [2.24, 2.45) is 16.8 Å². The first-order chi connectivity index (χ1) is 6.96. The molecule has 0 aromatic carbocycles. The van der Waals surface area contributed by atoms with Gasteiger partial charge in [-0.25, -0.2) is 0 Å². The highest BCUT2D eigenvalue weighted by Crippen LogP contribution is 2.27. The molecule has 3 N–H and O–H groups in total. The van der Waals surface area contributed by atoms with Crippen LogP contribution in [0.15, 0.2) is 29.1 Å². The van der Waals surface area contributed by atoms with E-state index in [0.717, 1.165) is 0 Å². The average Bonchev–Trinajstić information content (AvgIpc) is 2.45. The topological polar surface area (TPSA) is 59.6 Å². The summed E-state index contributed by atoms with van der Waals surface area (Å²) in [5.41, 5.74) is 8.17. The normalized spacial score (nSPS) is 29.0. The van der Waals surface area contributed by atoms with E-state index in [1.807, 2.05) is 0 Å². The van der Waals surface area contributed by atoms with E-state index in [0.29, 0.717) is 0 Å². The molecular weight excluding hydrogens is 211 g/mol. The maximum absolute atomic E-state index is 11.9. The number of hydrogen-bond acceptors (Lipinski definition) is 4. The molecule has 2 rings (SSSR count). The monoisotopic (exact) mass is 219 g/mol. The minimum absolute atomic E-state index is 0.175. The minimum Gasteiger partial charge on any atom is -0.406 e. The maximum Gasteiger partial charge on any atom is 0.573 e. The second-order valence-corrected chi connectivity index (χ2v) is 3.19. The van der Waals surface area contributed by atoms with E-state index >= 15 is 0 Å². The van der Waals surface area contributed by atoms with Gasteiger partial charge in [0.1, 0.15) is 11.6 Å². The van der Waals surface area contributed by atoms with Gasteiger partial charge in [0.15, 0.2) is 0 Å². The van der Waals surface area contributed by atoms with Crippen LogP contribution in [0.1, 0.15) is 0 Å². The molecule has 0 saturated carbocycles. The van der Waals surface area contributed by atoms with Crippen molar-refractivity contribution in [3.05, 3.63) is 24.0 Å². The molecule has 15 heavy (non-hydrogen) atoms. The molecule has 1 heterocycles. The number of fused-ring (bicyclic) bond motifs is 1. The summed E-state index contributed by atoms with van der Waals surface area (Å²) in [7, 11) is 0. The molecule has 1 aliphatic carbocycles. The number of rotatable bonds is 1. The van der Waals surface area contributed by atoms with Crippen molar-refractivity contribution in [2.75, 3.05) is 0 Å². The molecule has 0 radical (unpaired) electrons. The van der Waals surface area contributed by atoms with Crippen molar-refractivity contribution >= 4 is 5.84 Å². The Morgan fingerprint density at radius 2 is 2.20 bits per heavy atom. The van der Waals surface area contributed by atoms with Crippen molar-refractivity contribution in [3.8, 4) is 0 Å². The Labute approximate surface area is 83.3 Å². The number of alkyl halides is 3. The summed E-state index contributed by atoms with van der Waals surface area (Å²) in [4.78, 5) is 0. The third kappa shape index (κ3) is 2.05. The third-order valence-corrected chi connectivity index (χ3v) is 2.12. The highest BCUT2D eigenvalue weighted by atomic mass is 19.4. The summed E-state index contributed by atoms with van der Waals surface area (Å²) in [6.45, 7) is 0. The van der Waals surface area contributed by atoms with Crippen LogP contribution in [-0.2, 0) is 4.74 Å². The molecule has 0 bridgehead atoms. The van der Waals surface area contributed by atoms with E-state index in [2.05, 4.69) is 15.3 Å². The summed E-state index contributed by atoms with van der Waals surface area (Å²) < 4.78 is 39.5. The Hall–Kier alpha value is -1.66. The van der Waals surface area contributed by atoms with E-state index < -0.39 is 6.36 Å². The summed E-state index contributed by atoms with van der Waals surface area (Å²) >= 11 is 0. The highest BCUT2D eigenvalue weighted by molar-refractivity contribution is 5.87. The number of ether oxygens (including phenoxy) is 1. The SMILES string of the molecule is NC1=NN[C@H]2C=CC(OC(F)(F)F)=C[C@@H]12. The quantitative estimate of drug-likeness (QED) is 0.686. The molecule has 0 amide bonds. The number of hydrogen-bond donors (Lipinski definition) is 2. The zero-order valence-corrected chi connectivity index (χ0v) is 7.45. The van der Waals surface area contributed by atoms with Gasteiger partial charge in [-0.1, -0.05) is 6.08 Å². The number of amidine groups is 1. The first kappa shape index (κ1) is 9.88. The van der Waals surface area contributed by atoms with Gasteiger partial charge < -0.3 is 15.9 Å². The number of nitrogens with one attached hydrogen (secondary N) is 1. The average molecular weight is 219 g/mol.